The number of likely N-dealkylation sites (tertiary alicyclic amines) is 1. The molecule has 156 valence electrons. The molecule has 0 amide bonds. The molecule has 2 aliphatic rings. The van der Waals surface area contributed by atoms with Crippen molar-refractivity contribution >= 4 is 5.96 Å². The van der Waals surface area contributed by atoms with Crippen LogP contribution in [0.4, 0.5) is 13.2 Å². The summed E-state index contributed by atoms with van der Waals surface area (Å²) in [5.74, 6) is 0.781. The molecule has 3 rings (SSSR count). The van der Waals surface area contributed by atoms with Crippen molar-refractivity contribution in [1.29, 1.82) is 0 Å². The number of likely N-dealkylation sites (N-methyl/N-ethyl adjacent to an activating group) is 1. The molecule has 0 radical (unpaired) electrons. The molecule has 1 aromatic rings. The van der Waals surface area contributed by atoms with E-state index in [1.54, 1.807) is 13.1 Å². The molecular formula is C20H29F3N4O. The van der Waals surface area contributed by atoms with Crippen LogP contribution in [0.2, 0.25) is 0 Å². The second kappa shape index (κ2) is 9.13. The van der Waals surface area contributed by atoms with Gasteiger partial charge in [0.25, 0.3) is 0 Å². The van der Waals surface area contributed by atoms with Crippen molar-refractivity contribution in [3.05, 3.63) is 35.4 Å². The molecule has 1 N–H and O–H groups in total. The average molecular weight is 398 g/mol. The highest BCUT2D eigenvalue weighted by atomic mass is 19.4. The second-order valence-electron chi connectivity index (χ2n) is 7.28. The summed E-state index contributed by atoms with van der Waals surface area (Å²) in [7, 11) is 1.74. The molecular weight excluding hydrogens is 369 g/mol. The number of guanidine groups is 1. The van der Waals surface area contributed by atoms with Crippen molar-refractivity contribution in [2.24, 2.45) is 4.99 Å². The highest BCUT2D eigenvalue weighted by molar-refractivity contribution is 5.80. The smallest absolute Gasteiger partial charge is 0.370 e. The summed E-state index contributed by atoms with van der Waals surface area (Å²) in [5.41, 5.74) is -0.1000. The van der Waals surface area contributed by atoms with Crippen LogP contribution in [0.15, 0.2) is 29.3 Å². The van der Waals surface area contributed by atoms with E-state index < -0.39 is 17.8 Å². The summed E-state index contributed by atoms with van der Waals surface area (Å²) in [5, 5.41) is 3.45. The fourth-order valence-electron chi connectivity index (χ4n) is 4.04. The second-order valence-corrected chi connectivity index (χ2v) is 7.28. The third-order valence-electron chi connectivity index (χ3n) is 5.56. The highest BCUT2D eigenvalue weighted by Crippen LogP contribution is 2.32. The highest BCUT2D eigenvalue weighted by Gasteiger charge is 2.32. The van der Waals surface area contributed by atoms with Crippen LogP contribution >= 0.6 is 0 Å². The Kier molecular flexibility index (Phi) is 6.82. The molecule has 2 saturated heterocycles. The maximum absolute atomic E-state index is 13.0. The molecule has 0 spiro atoms. The molecule has 0 aromatic heterocycles. The fourth-order valence-corrected chi connectivity index (χ4v) is 4.04. The lowest BCUT2D eigenvalue weighted by molar-refractivity contribution is -0.137. The predicted octanol–water partition coefficient (Wildman–Crippen LogP) is 3.14. The first kappa shape index (κ1) is 20.9. The summed E-state index contributed by atoms with van der Waals surface area (Å²) < 4.78 is 44.8. The number of rotatable bonds is 4. The molecule has 1 aromatic carbocycles. The maximum Gasteiger partial charge on any atom is 0.416 e. The van der Waals surface area contributed by atoms with E-state index in [9.17, 15) is 13.2 Å². The molecule has 2 unspecified atom stereocenters. The van der Waals surface area contributed by atoms with Gasteiger partial charge < -0.3 is 15.0 Å². The van der Waals surface area contributed by atoms with E-state index >= 15 is 0 Å². The number of aliphatic imine (C=N–C) groups is 1. The molecule has 2 atom stereocenters. The van der Waals surface area contributed by atoms with Crippen molar-refractivity contribution in [2.75, 3.05) is 46.4 Å². The molecule has 5 nitrogen and oxygen atoms in total. The number of alkyl halides is 3. The molecule has 2 fully saturated rings. The molecule has 8 heteroatoms. The summed E-state index contributed by atoms with van der Waals surface area (Å²) in [4.78, 5) is 8.92. The zero-order valence-corrected chi connectivity index (χ0v) is 16.5. The van der Waals surface area contributed by atoms with Gasteiger partial charge in [-0.25, -0.2) is 0 Å². The van der Waals surface area contributed by atoms with Crippen LogP contribution in [0.5, 0.6) is 0 Å². The third kappa shape index (κ3) is 4.97. The van der Waals surface area contributed by atoms with Crippen LogP contribution in [0, 0.1) is 0 Å². The Morgan fingerprint density at radius 2 is 2.14 bits per heavy atom. The van der Waals surface area contributed by atoms with Crippen molar-refractivity contribution in [3.8, 4) is 0 Å². The van der Waals surface area contributed by atoms with Crippen LogP contribution in [0.25, 0.3) is 0 Å². The first-order chi connectivity index (χ1) is 13.4. The van der Waals surface area contributed by atoms with Crippen LogP contribution in [-0.2, 0) is 10.9 Å². The van der Waals surface area contributed by atoms with Gasteiger partial charge in [0.05, 0.1) is 18.7 Å². The van der Waals surface area contributed by atoms with Gasteiger partial charge in [0.15, 0.2) is 5.96 Å². The van der Waals surface area contributed by atoms with E-state index in [0.29, 0.717) is 31.3 Å². The number of ether oxygens (including phenoxy) is 1. The third-order valence-corrected chi connectivity index (χ3v) is 5.56. The topological polar surface area (TPSA) is 40.1 Å². The van der Waals surface area contributed by atoms with Crippen LogP contribution in [0.1, 0.15) is 37.0 Å². The van der Waals surface area contributed by atoms with Gasteiger partial charge in [0, 0.05) is 26.2 Å². The SMILES string of the molecule is CCN1CCCC1CNC(=NC)N1CCOC(c2cccc(C(F)(F)F)c2)C1. The zero-order chi connectivity index (χ0) is 20.1. The predicted molar refractivity (Wildman–Crippen MR) is 103 cm³/mol. The lowest BCUT2D eigenvalue weighted by Gasteiger charge is -2.36. The number of benzene rings is 1. The molecule has 0 saturated carbocycles. The van der Waals surface area contributed by atoms with Crippen molar-refractivity contribution in [2.45, 2.75) is 38.1 Å². The van der Waals surface area contributed by atoms with Crippen LogP contribution in [0.3, 0.4) is 0 Å². The number of morpholine rings is 1. The molecule has 28 heavy (non-hydrogen) atoms. The van der Waals surface area contributed by atoms with Gasteiger partial charge in [-0.05, 0) is 43.6 Å². The number of nitrogens with one attached hydrogen (secondary N) is 1. The van der Waals surface area contributed by atoms with Gasteiger partial charge in [0.2, 0.25) is 0 Å². The maximum atomic E-state index is 13.0. The first-order valence-corrected chi connectivity index (χ1v) is 9.90. The lowest BCUT2D eigenvalue weighted by Crippen LogP contribution is -2.50. The minimum Gasteiger partial charge on any atom is -0.370 e. The quantitative estimate of drug-likeness (QED) is 0.625. The minimum atomic E-state index is -4.35. The number of hydrogen-bond acceptors (Lipinski definition) is 3. The van der Waals surface area contributed by atoms with E-state index in [1.807, 2.05) is 0 Å². The number of nitrogens with zero attached hydrogens (tertiary/aromatic N) is 3. The Morgan fingerprint density at radius 3 is 2.86 bits per heavy atom. The fraction of sp³-hybridized carbons (Fsp3) is 0.650. The van der Waals surface area contributed by atoms with Crippen molar-refractivity contribution < 1.29 is 17.9 Å². The first-order valence-electron chi connectivity index (χ1n) is 9.90. The average Bonchev–Trinajstić information content (AvgIpc) is 3.16. The molecule has 0 aliphatic carbocycles. The van der Waals surface area contributed by atoms with E-state index in [1.165, 1.54) is 25.0 Å². The van der Waals surface area contributed by atoms with E-state index in [0.717, 1.165) is 31.7 Å². The van der Waals surface area contributed by atoms with Crippen molar-refractivity contribution in [3.63, 3.8) is 0 Å². The summed E-state index contributed by atoms with van der Waals surface area (Å²) in [6, 6.07) is 5.90. The molecule has 0 bridgehead atoms. The van der Waals surface area contributed by atoms with E-state index in [-0.39, 0.29) is 0 Å². The summed E-state index contributed by atoms with van der Waals surface area (Å²) >= 11 is 0. The Hall–Kier alpha value is -1.80. The van der Waals surface area contributed by atoms with Gasteiger partial charge in [-0.2, -0.15) is 13.2 Å². The monoisotopic (exact) mass is 398 g/mol. The van der Waals surface area contributed by atoms with Gasteiger partial charge in [-0.1, -0.05) is 19.1 Å². The van der Waals surface area contributed by atoms with Crippen molar-refractivity contribution in [1.82, 2.24) is 15.1 Å². The Bertz CT molecular complexity index is 680. The lowest BCUT2D eigenvalue weighted by atomic mass is 10.0. The Labute approximate surface area is 164 Å². The van der Waals surface area contributed by atoms with Gasteiger partial charge in [0.1, 0.15) is 6.10 Å². The zero-order valence-electron chi connectivity index (χ0n) is 16.5. The number of hydrogen-bond donors (Lipinski definition) is 1. The summed E-state index contributed by atoms with van der Waals surface area (Å²) in [6.07, 6.45) is -2.37. The molecule has 2 heterocycles. The Morgan fingerprint density at radius 1 is 1.32 bits per heavy atom. The molecule has 2 aliphatic heterocycles. The largest absolute Gasteiger partial charge is 0.416 e. The standard InChI is InChI=1S/C20H29F3N4O/c1-3-26-9-5-8-17(26)13-25-19(24-2)27-10-11-28-18(14-27)15-6-4-7-16(12-15)20(21,22)23/h4,6-7,12,17-18H,3,5,8-11,13-14H2,1-2H3,(H,24,25). The van der Waals surface area contributed by atoms with E-state index in [2.05, 4.69) is 27.0 Å². The van der Waals surface area contributed by atoms with Crippen LogP contribution in [-0.4, -0.2) is 68.2 Å². The Balaban J connectivity index is 1.63. The number of halogens is 3. The van der Waals surface area contributed by atoms with Crippen LogP contribution < -0.4 is 5.32 Å². The van der Waals surface area contributed by atoms with Gasteiger partial charge >= 0.3 is 6.18 Å². The minimum absolute atomic E-state index is 0.409. The normalized spacial score (nSPS) is 24.6. The van der Waals surface area contributed by atoms with Gasteiger partial charge in [-0.3, -0.25) is 9.89 Å². The summed E-state index contributed by atoms with van der Waals surface area (Å²) in [6.45, 7) is 6.77. The van der Waals surface area contributed by atoms with Gasteiger partial charge in [-0.15, -0.1) is 0 Å². The van der Waals surface area contributed by atoms with E-state index in [4.69, 9.17) is 4.74 Å².